The Balaban J connectivity index is 1.70. The van der Waals surface area contributed by atoms with E-state index < -0.39 is 55.7 Å². The summed E-state index contributed by atoms with van der Waals surface area (Å²) in [5.41, 5.74) is -8.87. The predicted molar refractivity (Wildman–Crippen MR) is 143 cm³/mol. The highest BCUT2D eigenvalue weighted by molar-refractivity contribution is 7.92. The molecule has 2 unspecified atom stereocenters. The standard InChI is InChI=1S/C29H29ClF7NO4S/c1-17-5-8-20(16-22(17)30)43(41,42)26-13-14-38(24(39)25(40)11-3-2-4-12-25)23(26)10-6-18-15-19(7-9-21(18)26)27(31,28(32,33)34)29(35,36)37/h5,7-9,15-16,23,40H,2-4,6,10-14H2,1H3. The van der Waals surface area contributed by atoms with Crippen LogP contribution in [0.1, 0.15) is 67.2 Å². The lowest BCUT2D eigenvalue weighted by Crippen LogP contribution is -2.57. The van der Waals surface area contributed by atoms with Gasteiger partial charge in [-0.1, -0.05) is 55.1 Å². The van der Waals surface area contributed by atoms with E-state index in [0.29, 0.717) is 30.5 Å². The summed E-state index contributed by atoms with van der Waals surface area (Å²) in [4.78, 5) is 14.8. The van der Waals surface area contributed by atoms with Gasteiger partial charge < -0.3 is 10.0 Å². The lowest BCUT2D eigenvalue weighted by Gasteiger charge is -2.44. The van der Waals surface area contributed by atoms with Crippen molar-refractivity contribution >= 4 is 27.3 Å². The maximum Gasteiger partial charge on any atom is 0.435 e. The molecule has 2 aliphatic carbocycles. The maximum atomic E-state index is 15.0. The molecule has 236 valence electrons. The third-order valence-corrected chi connectivity index (χ3v) is 12.3. The number of amides is 1. The van der Waals surface area contributed by atoms with Gasteiger partial charge in [0.1, 0.15) is 10.3 Å². The van der Waals surface area contributed by atoms with E-state index >= 15 is 4.39 Å². The highest BCUT2D eigenvalue weighted by atomic mass is 35.5. The number of hydrogen-bond donors (Lipinski definition) is 1. The number of carbonyl (C=O) groups is 1. The van der Waals surface area contributed by atoms with Gasteiger partial charge in [0.05, 0.1) is 10.9 Å². The summed E-state index contributed by atoms with van der Waals surface area (Å²) in [5.74, 6) is -0.659. The molecule has 1 N–H and O–H groups in total. The second-order valence-electron chi connectivity index (χ2n) is 11.7. The van der Waals surface area contributed by atoms with Crippen LogP contribution in [0.25, 0.3) is 0 Å². The van der Waals surface area contributed by atoms with Gasteiger partial charge in [-0.25, -0.2) is 12.8 Å². The number of nitrogens with zero attached hydrogens (tertiary/aromatic N) is 1. The van der Waals surface area contributed by atoms with Crippen LogP contribution in [0.5, 0.6) is 0 Å². The number of fused-ring (bicyclic) bond motifs is 3. The summed E-state index contributed by atoms with van der Waals surface area (Å²) in [5, 5.41) is 11.3. The van der Waals surface area contributed by atoms with Crippen LogP contribution in [0.2, 0.25) is 5.02 Å². The molecule has 0 bridgehead atoms. The van der Waals surface area contributed by atoms with Crippen LogP contribution in [0.3, 0.4) is 0 Å². The second kappa shape index (κ2) is 10.3. The highest BCUT2D eigenvalue weighted by Gasteiger charge is 2.74. The smallest absolute Gasteiger partial charge is 0.380 e. The molecule has 14 heteroatoms. The van der Waals surface area contributed by atoms with Gasteiger partial charge in [-0.2, -0.15) is 26.3 Å². The summed E-state index contributed by atoms with van der Waals surface area (Å²) in [6.07, 6.45) is -11.0. The molecule has 1 heterocycles. The topological polar surface area (TPSA) is 74.7 Å². The monoisotopic (exact) mass is 655 g/mol. The third kappa shape index (κ3) is 4.67. The summed E-state index contributed by atoms with van der Waals surface area (Å²) in [6.45, 7) is 1.51. The number of hydrogen-bond acceptors (Lipinski definition) is 4. The zero-order valence-corrected chi connectivity index (χ0v) is 24.5. The molecule has 1 saturated carbocycles. The molecule has 2 aromatic rings. The number of likely N-dealkylation sites (tertiary alicyclic amines) is 1. The van der Waals surface area contributed by atoms with Crippen molar-refractivity contribution in [1.82, 2.24) is 4.90 Å². The number of rotatable bonds is 4. The van der Waals surface area contributed by atoms with Crippen molar-refractivity contribution in [3.63, 3.8) is 0 Å². The van der Waals surface area contributed by atoms with Crippen LogP contribution in [-0.4, -0.2) is 54.9 Å². The first-order chi connectivity index (χ1) is 19.8. The van der Waals surface area contributed by atoms with Gasteiger partial charge in [0.2, 0.25) is 0 Å². The number of benzene rings is 2. The fraction of sp³-hybridized carbons (Fsp3) is 0.552. The maximum absolute atomic E-state index is 15.0. The van der Waals surface area contributed by atoms with Gasteiger partial charge in [0, 0.05) is 17.1 Å². The zero-order chi connectivity index (χ0) is 31.8. The Morgan fingerprint density at radius 1 is 0.953 bits per heavy atom. The minimum atomic E-state index is -6.34. The fourth-order valence-electron chi connectivity index (χ4n) is 7.04. The van der Waals surface area contributed by atoms with E-state index in [-0.39, 0.29) is 59.7 Å². The molecule has 0 radical (unpaired) electrons. The highest BCUT2D eigenvalue weighted by Crippen LogP contribution is 2.57. The molecule has 2 atom stereocenters. The van der Waals surface area contributed by atoms with E-state index in [9.17, 15) is 44.7 Å². The quantitative estimate of drug-likeness (QED) is 0.366. The summed E-state index contributed by atoms with van der Waals surface area (Å²) < 4.78 is 124. The number of aliphatic hydroxyl groups is 1. The SMILES string of the molecule is Cc1ccc(S(=O)(=O)C23CCN(C(=O)C4(O)CCCCC4)C2CCc2cc(C(F)(C(F)(F)F)C(F)(F)F)ccc23)cc1Cl. The van der Waals surface area contributed by atoms with Crippen LogP contribution in [0.4, 0.5) is 30.7 Å². The van der Waals surface area contributed by atoms with Gasteiger partial charge >= 0.3 is 18.0 Å². The number of carbonyl (C=O) groups excluding carboxylic acids is 1. The first-order valence-electron chi connectivity index (χ1n) is 13.8. The van der Waals surface area contributed by atoms with Crippen molar-refractivity contribution in [2.75, 3.05) is 6.54 Å². The summed E-state index contributed by atoms with van der Waals surface area (Å²) >= 11 is 6.24. The third-order valence-electron chi connectivity index (χ3n) is 9.34. The molecule has 2 aromatic carbocycles. The Bertz CT molecular complexity index is 1540. The predicted octanol–water partition coefficient (Wildman–Crippen LogP) is 6.85. The number of alkyl halides is 7. The van der Waals surface area contributed by atoms with Crippen LogP contribution >= 0.6 is 11.6 Å². The molecule has 3 aliphatic rings. The average molecular weight is 656 g/mol. The van der Waals surface area contributed by atoms with Crippen LogP contribution < -0.4 is 0 Å². The molecular weight excluding hydrogens is 627 g/mol. The Labute approximate surface area is 248 Å². The van der Waals surface area contributed by atoms with Gasteiger partial charge in [-0.05, 0) is 67.9 Å². The molecule has 2 fully saturated rings. The zero-order valence-electron chi connectivity index (χ0n) is 23.0. The molecule has 0 aromatic heterocycles. The van der Waals surface area contributed by atoms with Gasteiger partial charge in [-0.15, -0.1) is 0 Å². The van der Waals surface area contributed by atoms with E-state index in [2.05, 4.69) is 0 Å². The Kier molecular flexibility index (Phi) is 7.70. The molecule has 1 amide bonds. The van der Waals surface area contributed by atoms with E-state index in [1.165, 1.54) is 23.1 Å². The Morgan fingerprint density at radius 2 is 1.58 bits per heavy atom. The van der Waals surface area contributed by atoms with Gasteiger partial charge in [-0.3, -0.25) is 4.79 Å². The van der Waals surface area contributed by atoms with Crippen LogP contribution in [-0.2, 0) is 31.5 Å². The molecule has 5 rings (SSSR count). The van der Waals surface area contributed by atoms with Crippen LogP contribution in [0.15, 0.2) is 41.3 Å². The first-order valence-corrected chi connectivity index (χ1v) is 15.7. The second-order valence-corrected chi connectivity index (χ2v) is 14.3. The van der Waals surface area contributed by atoms with Crippen molar-refractivity contribution in [3.8, 4) is 0 Å². The average Bonchev–Trinajstić information content (AvgIpc) is 3.34. The van der Waals surface area contributed by atoms with E-state index in [1.807, 2.05) is 0 Å². The van der Waals surface area contributed by atoms with Crippen molar-refractivity contribution in [2.45, 2.75) is 97.6 Å². The lowest BCUT2D eigenvalue weighted by molar-refractivity contribution is -0.348. The van der Waals surface area contributed by atoms with Crippen molar-refractivity contribution in [3.05, 3.63) is 63.7 Å². The van der Waals surface area contributed by atoms with Crippen molar-refractivity contribution in [1.29, 1.82) is 0 Å². The van der Waals surface area contributed by atoms with Gasteiger partial charge in [0.25, 0.3) is 5.91 Å². The molecule has 1 saturated heterocycles. The molecule has 43 heavy (non-hydrogen) atoms. The summed E-state index contributed by atoms with van der Waals surface area (Å²) in [7, 11) is -4.53. The molecule has 5 nitrogen and oxygen atoms in total. The van der Waals surface area contributed by atoms with E-state index in [0.717, 1.165) is 12.5 Å². The Hall–Kier alpha value is -2.38. The minimum Gasteiger partial charge on any atom is -0.380 e. The molecule has 1 aliphatic heterocycles. The van der Waals surface area contributed by atoms with Crippen molar-refractivity contribution < 1.29 is 49.1 Å². The van der Waals surface area contributed by atoms with Crippen molar-refractivity contribution in [2.24, 2.45) is 0 Å². The molecular formula is C29H29ClF7NO4S. The molecule has 0 spiro atoms. The van der Waals surface area contributed by atoms with Crippen LogP contribution in [0, 0.1) is 6.92 Å². The number of sulfone groups is 1. The van der Waals surface area contributed by atoms with E-state index in [4.69, 9.17) is 11.6 Å². The largest absolute Gasteiger partial charge is 0.435 e. The summed E-state index contributed by atoms with van der Waals surface area (Å²) in [6, 6.07) is 4.42. The van der Waals surface area contributed by atoms with E-state index in [1.54, 1.807) is 6.92 Å². The van der Waals surface area contributed by atoms with Gasteiger partial charge in [0.15, 0.2) is 9.84 Å². The minimum absolute atomic E-state index is 0.109. The fourth-order valence-corrected chi connectivity index (χ4v) is 9.68. The number of halogens is 8. The first kappa shape index (κ1) is 32.0. The normalized spacial score (nSPS) is 24.4. The lowest BCUT2D eigenvalue weighted by atomic mass is 9.76. The number of aryl methyl sites for hydroxylation is 2. The Morgan fingerprint density at radius 3 is 2.16 bits per heavy atom.